The Morgan fingerprint density at radius 3 is 2.32 bits per heavy atom. The smallest absolute Gasteiger partial charge is 0.193 e. The Morgan fingerprint density at radius 1 is 1.11 bits per heavy atom. The minimum absolute atomic E-state index is 0.577. The van der Waals surface area contributed by atoms with Crippen molar-refractivity contribution < 1.29 is 0 Å². The van der Waals surface area contributed by atoms with Crippen LogP contribution in [0.15, 0.2) is 4.99 Å². The summed E-state index contributed by atoms with van der Waals surface area (Å²) in [5.74, 6) is 1.08. The molecule has 2 aliphatic heterocycles. The molecule has 0 spiro atoms. The van der Waals surface area contributed by atoms with Crippen LogP contribution in [-0.4, -0.2) is 86.6 Å². The number of hydrogen-bond donors (Lipinski definition) is 1. The van der Waals surface area contributed by atoms with Gasteiger partial charge in [-0.25, -0.2) is 0 Å². The molecule has 110 valence electrons. The van der Waals surface area contributed by atoms with Crippen molar-refractivity contribution in [3.63, 3.8) is 0 Å². The number of nitrogens with one attached hydrogen (secondary N) is 1. The van der Waals surface area contributed by atoms with Crippen LogP contribution in [0, 0.1) is 0 Å². The number of hydrogen-bond acceptors (Lipinski definition) is 3. The maximum atomic E-state index is 4.40. The van der Waals surface area contributed by atoms with Crippen molar-refractivity contribution >= 4 is 5.96 Å². The lowest BCUT2D eigenvalue weighted by molar-refractivity contribution is 0.119. The molecule has 1 atom stereocenters. The number of nitrogens with zero attached hydrogens (tertiary/aromatic N) is 4. The van der Waals surface area contributed by atoms with Gasteiger partial charge in [0.05, 0.1) is 0 Å². The largest absolute Gasteiger partial charge is 0.355 e. The third-order valence-corrected chi connectivity index (χ3v) is 4.33. The quantitative estimate of drug-likeness (QED) is 0.589. The van der Waals surface area contributed by atoms with Gasteiger partial charge in [0.2, 0.25) is 0 Å². The molecule has 2 fully saturated rings. The summed E-state index contributed by atoms with van der Waals surface area (Å²) in [5, 5.41) is 3.54. The highest BCUT2D eigenvalue weighted by Gasteiger charge is 2.20. The molecule has 1 unspecified atom stereocenters. The zero-order valence-corrected chi connectivity index (χ0v) is 12.7. The molecule has 2 saturated heterocycles. The second-order valence-electron chi connectivity index (χ2n) is 5.81. The Bertz CT molecular complexity index is 290. The fourth-order valence-electron chi connectivity index (χ4n) is 2.89. The van der Waals surface area contributed by atoms with Crippen LogP contribution in [-0.2, 0) is 0 Å². The first-order chi connectivity index (χ1) is 9.20. The highest BCUT2D eigenvalue weighted by molar-refractivity contribution is 5.80. The molecule has 0 aromatic carbocycles. The van der Waals surface area contributed by atoms with E-state index < -0.39 is 0 Å². The Kier molecular flexibility index (Phi) is 5.45. The van der Waals surface area contributed by atoms with Gasteiger partial charge in [-0.1, -0.05) is 0 Å². The Labute approximate surface area is 117 Å². The van der Waals surface area contributed by atoms with Crippen LogP contribution in [0.25, 0.3) is 0 Å². The topological polar surface area (TPSA) is 34.1 Å². The molecule has 0 aromatic rings. The van der Waals surface area contributed by atoms with Gasteiger partial charge < -0.3 is 15.1 Å². The van der Waals surface area contributed by atoms with Crippen molar-refractivity contribution in [1.82, 2.24) is 20.0 Å². The summed E-state index contributed by atoms with van der Waals surface area (Å²) in [6.07, 6.45) is 2.60. The minimum atomic E-state index is 0.577. The molecular weight excluding hydrogens is 238 g/mol. The molecule has 2 rings (SSSR count). The number of guanidine groups is 1. The fraction of sp³-hybridized carbons (Fsp3) is 0.929. The van der Waals surface area contributed by atoms with Crippen molar-refractivity contribution in [2.75, 3.05) is 59.9 Å². The van der Waals surface area contributed by atoms with E-state index in [-0.39, 0.29) is 0 Å². The molecule has 0 bridgehead atoms. The van der Waals surface area contributed by atoms with Crippen LogP contribution in [0.3, 0.4) is 0 Å². The third kappa shape index (κ3) is 4.08. The van der Waals surface area contributed by atoms with Crippen molar-refractivity contribution in [3.05, 3.63) is 0 Å². The van der Waals surface area contributed by atoms with Crippen LogP contribution < -0.4 is 5.32 Å². The molecule has 1 N–H and O–H groups in total. The molecule has 19 heavy (non-hydrogen) atoms. The average Bonchev–Trinajstić information content (AvgIpc) is 2.94. The zero-order valence-electron chi connectivity index (χ0n) is 12.7. The summed E-state index contributed by atoms with van der Waals surface area (Å²) in [7, 11) is 4.09. The number of piperazine rings is 1. The van der Waals surface area contributed by atoms with E-state index in [4.69, 9.17) is 0 Å². The van der Waals surface area contributed by atoms with E-state index in [0.717, 1.165) is 25.6 Å². The highest BCUT2D eigenvalue weighted by atomic mass is 15.3. The third-order valence-electron chi connectivity index (χ3n) is 4.33. The summed E-state index contributed by atoms with van der Waals surface area (Å²) in [6, 6.07) is 0.577. The molecule has 5 heteroatoms. The SMILES string of the molecule is CN=C(NCC(C)N1CCN(C)CC1)N1CCCC1. The second-order valence-corrected chi connectivity index (χ2v) is 5.81. The van der Waals surface area contributed by atoms with E-state index in [1.807, 2.05) is 7.05 Å². The molecule has 0 saturated carbocycles. The Hall–Kier alpha value is -0.810. The maximum absolute atomic E-state index is 4.40. The lowest BCUT2D eigenvalue weighted by atomic mass is 10.2. The molecule has 0 amide bonds. The zero-order chi connectivity index (χ0) is 13.7. The highest BCUT2D eigenvalue weighted by Crippen LogP contribution is 2.08. The summed E-state index contributed by atoms with van der Waals surface area (Å²) < 4.78 is 0. The fourth-order valence-corrected chi connectivity index (χ4v) is 2.89. The van der Waals surface area contributed by atoms with Crippen molar-refractivity contribution in [3.8, 4) is 0 Å². The lowest BCUT2D eigenvalue weighted by Crippen LogP contribution is -2.52. The van der Waals surface area contributed by atoms with Gasteiger partial charge in [0.1, 0.15) is 0 Å². The molecule has 2 heterocycles. The van der Waals surface area contributed by atoms with Crippen LogP contribution in [0.1, 0.15) is 19.8 Å². The van der Waals surface area contributed by atoms with E-state index in [9.17, 15) is 0 Å². The van der Waals surface area contributed by atoms with Crippen LogP contribution >= 0.6 is 0 Å². The first-order valence-electron chi connectivity index (χ1n) is 7.59. The molecule has 0 aromatic heterocycles. The minimum Gasteiger partial charge on any atom is -0.355 e. The molecule has 2 aliphatic rings. The van der Waals surface area contributed by atoms with Gasteiger partial charge in [0.25, 0.3) is 0 Å². The van der Waals surface area contributed by atoms with Crippen molar-refractivity contribution in [1.29, 1.82) is 0 Å². The normalized spacial score (nSPS) is 24.8. The van der Waals surface area contributed by atoms with E-state index in [2.05, 4.69) is 39.0 Å². The predicted octanol–water partition coefficient (Wildman–Crippen LogP) is 0.294. The molecule has 5 nitrogen and oxygen atoms in total. The van der Waals surface area contributed by atoms with E-state index >= 15 is 0 Å². The number of rotatable bonds is 3. The average molecular weight is 267 g/mol. The molecule has 0 radical (unpaired) electrons. The summed E-state index contributed by atoms with van der Waals surface area (Å²) in [4.78, 5) is 11.8. The van der Waals surface area contributed by atoms with Gasteiger partial charge in [0.15, 0.2) is 5.96 Å². The molecule has 0 aliphatic carbocycles. The van der Waals surface area contributed by atoms with Gasteiger partial charge >= 0.3 is 0 Å². The van der Waals surface area contributed by atoms with E-state index in [1.54, 1.807) is 0 Å². The van der Waals surface area contributed by atoms with Crippen LogP contribution in [0.5, 0.6) is 0 Å². The van der Waals surface area contributed by atoms with Gasteiger partial charge in [-0.2, -0.15) is 0 Å². The van der Waals surface area contributed by atoms with Crippen molar-refractivity contribution in [2.24, 2.45) is 4.99 Å². The van der Waals surface area contributed by atoms with Crippen molar-refractivity contribution in [2.45, 2.75) is 25.8 Å². The monoisotopic (exact) mass is 267 g/mol. The van der Waals surface area contributed by atoms with Gasteiger partial charge in [-0.05, 0) is 26.8 Å². The Morgan fingerprint density at radius 2 is 1.74 bits per heavy atom. The predicted molar refractivity (Wildman–Crippen MR) is 80.7 cm³/mol. The standard InChI is InChI=1S/C14H29N5/c1-13(18-10-8-17(3)9-11-18)12-16-14(15-2)19-6-4-5-7-19/h13H,4-12H2,1-3H3,(H,15,16). The first kappa shape index (κ1) is 14.6. The summed E-state index contributed by atoms with van der Waals surface area (Å²) in [5.41, 5.74) is 0. The number of aliphatic imine (C=N–C) groups is 1. The molecular formula is C14H29N5. The van der Waals surface area contributed by atoms with Crippen LogP contribution in [0.4, 0.5) is 0 Å². The summed E-state index contributed by atoms with van der Waals surface area (Å²) in [6.45, 7) is 10.4. The van der Waals surface area contributed by atoms with Gasteiger partial charge in [-0.15, -0.1) is 0 Å². The van der Waals surface area contributed by atoms with Gasteiger partial charge in [-0.3, -0.25) is 9.89 Å². The first-order valence-corrected chi connectivity index (χ1v) is 7.59. The lowest BCUT2D eigenvalue weighted by Gasteiger charge is -2.37. The van der Waals surface area contributed by atoms with E-state index in [0.29, 0.717) is 6.04 Å². The summed E-state index contributed by atoms with van der Waals surface area (Å²) >= 11 is 0. The van der Waals surface area contributed by atoms with E-state index in [1.165, 1.54) is 39.0 Å². The van der Waals surface area contributed by atoms with Gasteiger partial charge in [0, 0.05) is 58.9 Å². The second kappa shape index (κ2) is 7.10. The maximum Gasteiger partial charge on any atom is 0.193 e. The van der Waals surface area contributed by atoms with Crippen LogP contribution in [0.2, 0.25) is 0 Å². The number of likely N-dealkylation sites (N-methyl/N-ethyl adjacent to an activating group) is 1. The number of likely N-dealkylation sites (tertiary alicyclic amines) is 1. The Balaban J connectivity index is 1.74.